The van der Waals surface area contributed by atoms with Gasteiger partial charge in [0.15, 0.2) is 0 Å². The first-order chi connectivity index (χ1) is 40.9. The Hall–Kier alpha value is -8.60. The average molecular weight is 1290 g/mol. The summed E-state index contributed by atoms with van der Waals surface area (Å²) in [5.74, 6) is 1.28. The molecule has 20 nitrogen and oxygen atoms in total. The third-order valence-corrected chi connectivity index (χ3v) is 21.9. The molecule has 0 aliphatic heterocycles. The Morgan fingerprint density at radius 1 is 0.233 bits per heavy atom. The highest BCUT2D eigenvalue weighted by molar-refractivity contribution is 7.92. The molecule has 0 fully saturated rings. The molecule has 0 atom stereocenters. The summed E-state index contributed by atoms with van der Waals surface area (Å²) in [6.45, 7) is -0.517. The van der Waals surface area contributed by atoms with Crippen molar-refractivity contribution < 1.29 is 88.0 Å². The fraction of sp³-hybridized carbons (Fsp3) is 0.100. The maximum Gasteiger partial charge on any atom is 0.297 e. The summed E-state index contributed by atoms with van der Waals surface area (Å²) in [6.07, 6.45) is 9.12. The molecule has 8 aromatic carbocycles. The summed E-state index contributed by atoms with van der Waals surface area (Å²) >= 11 is 0. The van der Waals surface area contributed by atoms with E-state index in [9.17, 15) is 60.7 Å². The molecular formula is C60H52O20S6. The maximum atomic E-state index is 13.4. The number of hydrogen-bond acceptors (Lipinski definition) is 20. The van der Waals surface area contributed by atoms with Gasteiger partial charge in [0.25, 0.3) is 20.2 Å². The second-order valence-electron chi connectivity index (χ2n) is 18.0. The number of hydrogen-bond donors (Lipinski definition) is 2. The van der Waals surface area contributed by atoms with Crippen molar-refractivity contribution in [3.05, 3.63) is 231 Å². The summed E-state index contributed by atoms with van der Waals surface area (Å²) < 4.78 is 189. The highest BCUT2D eigenvalue weighted by atomic mass is 32.2. The molecule has 8 rings (SSSR count). The van der Waals surface area contributed by atoms with Crippen molar-refractivity contribution in [1.29, 1.82) is 0 Å². The molecule has 0 bridgehead atoms. The van der Waals surface area contributed by atoms with Crippen molar-refractivity contribution >= 4 is 59.6 Å². The zero-order valence-corrected chi connectivity index (χ0v) is 49.8. The van der Waals surface area contributed by atoms with Crippen molar-refractivity contribution in [3.8, 4) is 34.5 Å². The van der Waals surface area contributed by atoms with Gasteiger partial charge in [-0.25, -0.2) is 33.7 Å². The summed E-state index contributed by atoms with van der Waals surface area (Å²) in [5, 5.41) is 18.9. The van der Waals surface area contributed by atoms with Crippen LogP contribution in [0.4, 0.5) is 0 Å². The first-order valence-electron chi connectivity index (χ1n) is 25.4. The molecule has 86 heavy (non-hydrogen) atoms. The van der Waals surface area contributed by atoms with Crippen LogP contribution >= 0.6 is 0 Å². The molecule has 0 saturated heterocycles. The van der Waals surface area contributed by atoms with Crippen molar-refractivity contribution in [2.24, 2.45) is 0 Å². The van der Waals surface area contributed by atoms with E-state index in [0.29, 0.717) is 23.0 Å². The highest BCUT2D eigenvalue weighted by Gasteiger charge is 2.24. The minimum Gasteiger partial charge on any atom is -0.508 e. The number of aromatic hydroxyl groups is 2. The van der Waals surface area contributed by atoms with Crippen molar-refractivity contribution in [1.82, 2.24) is 0 Å². The van der Waals surface area contributed by atoms with Crippen LogP contribution in [-0.2, 0) is 68.0 Å². The van der Waals surface area contributed by atoms with Gasteiger partial charge < -0.3 is 29.2 Å². The SMILES string of the molecule is O=S(=O)(OC/C=C/COc1ccc(S(=O)(=O)c2ccc(O)cc2)cc1)c1ccc(S(=O)(=O)c2ccc(OC/C=C/COc3ccc(S(=O)(=O)c4ccc(S(=O)(=O)OC/C=C/COc5ccc(S(=O)(=O)c6ccc(O)cc6)cc5)cc4)cc3)cc2)cc1. The van der Waals surface area contributed by atoms with E-state index in [2.05, 4.69) is 0 Å². The lowest BCUT2D eigenvalue weighted by molar-refractivity contribution is 0.347. The quantitative estimate of drug-likeness (QED) is 0.0341. The van der Waals surface area contributed by atoms with Gasteiger partial charge in [0.1, 0.15) is 60.9 Å². The molecule has 0 radical (unpaired) electrons. The molecule has 8 aromatic rings. The number of rotatable bonds is 28. The molecule has 448 valence electrons. The predicted molar refractivity (Wildman–Crippen MR) is 312 cm³/mol. The lowest BCUT2D eigenvalue weighted by Gasteiger charge is -2.09. The molecule has 0 aliphatic rings. The largest absolute Gasteiger partial charge is 0.508 e. The van der Waals surface area contributed by atoms with Gasteiger partial charge in [-0.15, -0.1) is 0 Å². The fourth-order valence-corrected chi connectivity index (χ4v) is 14.4. The molecule has 0 heterocycles. The third-order valence-electron chi connectivity index (χ3n) is 12.2. The van der Waals surface area contributed by atoms with E-state index < -0.39 is 59.6 Å². The van der Waals surface area contributed by atoms with Gasteiger partial charge in [-0.2, -0.15) is 16.8 Å². The summed E-state index contributed by atoms with van der Waals surface area (Å²) in [4.78, 5) is -0.943. The lowest BCUT2D eigenvalue weighted by Crippen LogP contribution is -2.08. The molecule has 0 saturated carbocycles. The summed E-state index contributed by atoms with van der Waals surface area (Å²) in [5.41, 5.74) is 0. The maximum absolute atomic E-state index is 13.4. The van der Waals surface area contributed by atoms with Gasteiger partial charge in [0.2, 0.25) is 39.3 Å². The van der Waals surface area contributed by atoms with Crippen LogP contribution in [0.5, 0.6) is 34.5 Å². The third kappa shape index (κ3) is 16.2. The van der Waals surface area contributed by atoms with Crippen LogP contribution in [0.25, 0.3) is 0 Å². The van der Waals surface area contributed by atoms with Crippen LogP contribution in [0.15, 0.2) is 280 Å². The molecule has 0 unspecified atom stereocenters. The molecule has 0 aromatic heterocycles. The van der Waals surface area contributed by atoms with E-state index in [1.165, 1.54) is 170 Å². The second kappa shape index (κ2) is 27.6. The molecule has 0 amide bonds. The Bertz CT molecular complexity index is 4130. The van der Waals surface area contributed by atoms with Crippen LogP contribution in [0, 0.1) is 0 Å². The molecule has 0 spiro atoms. The topological polar surface area (TPSA) is 301 Å². The van der Waals surface area contributed by atoms with E-state index in [1.54, 1.807) is 12.2 Å². The van der Waals surface area contributed by atoms with Crippen LogP contribution < -0.4 is 18.9 Å². The number of phenolic OH excluding ortho intramolecular Hbond substituents is 2. The Balaban J connectivity index is 0.716. The molecule has 0 aliphatic carbocycles. The van der Waals surface area contributed by atoms with Crippen LogP contribution in [-0.4, -0.2) is 100 Å². The van der Waals surface area contributed by atoms with Crippen molar-refractivity contribution in [2.75, 3.05) is 39.6 Å². The van der Waals surface area contributed by atoms with Gasteiger partial charge in [-0.1, -0.05) is 12.2 Å². The highest BCUT2D eigenvalue weighted by Crippen LogP contribution is 2.29. The Morgan fingerprint density at radius 3 is 0.605 bits per heavy atom. The zero-order chi connectivity index (χ0) is 61.6. The van der Waals surface area contributed by atoms with E-state index in [-0.39, 0.29) is 100 Å². The van der Waals surface area contributed by atoms with Crippen LogP contribution in [0.1, 0.15) is 0 Å². The standard InChI is InChI=1S/C60H52O20S6/c61-45-7-19-51(20-8-45)81(63,64)53-23-11-49(12-24-53)77-41-3-5-43-79-85(71,72)59-35-31-57(32-36-59)83(67,68)55-27-15-47(16-28-55)75-39-1-2-40-76-48-17-29-56(30-18-48)84(69,70)58-33-37-60(38-34-58)86(73,74)80-44-6-4-42-78-50-13-25-54(26-14-50)82(65,66)52-21-9-46(62)10-22-52/h1-38,61-62H,39-44H2/b2-1+,5-3+,6-4+. The number of phenols is 2. The molecule has 26 heteroatoms. The lowest BCUT2D eigenvalue weighted by atomic mass is 10.3. The molecule has 2 N–H and O–H groups in total. The number of sulfone groups is 4. The van der Waals surface area contributed by atoms with E-state index in [1.807, 2.05) is 0 Å². The van der Waals surface area contributed by atoms with E-state index in [4.69, 9.17) is 27.3 Å². The smallest absolute Gasteiger partial charge is 0.297 e. The average Bonchev–Trinajstić information content (AvgIpc) is 1.72. The minimum absolute atomic E-state index is 0.00910. The van der Waals surface area contributed by atoms with Gasteiger partial charge in [-0.05, 0) is 218 Å². The van der Waals surface area contributed by atoms with Gasteiger partial charge in [0.05, 0.1) is 62.2 Å². The number of ether oxygens (including phenoxy) is 4. The normalized spacial score (nSPS) is 12.6. The summed E-state index contributed by atoms with van der Waals surface area (Å²) in [7, 11) is -24.3. The Morgan fingerprint density at radius 2 is 0.395 bits per heavy atom. The first kappa shape index (κ1) is 63.4. The van der Waals surface area contributed by atoms with Crippen molar-refractivity contribution in [3.63, 3.8) is 0 Å². The van der Waals surface area contributed by atoms with Crippen molar-refractivity contribution in [2.45, 2.75) is 49.0 Å². The number of benzene rings is 8. The minimum atomic E-state index is -4.27. The monoisotopic (exact) mass is 1280 g/mol. The predicted octanol–water partition coefficient (Wildman–Crippen LogP) is 9.12. The molecular weight excluding hydrogens is 1230 g/mol. The van der Waals surface area contributed by atoms with Gasteiger partial charge in [-0.3, -0.25) is 8.37 Å². The van der Waals surface area contributed by atoms with E-state index in [0.717, 1.165) is 48.5 Å². The zero-order valence-electron chi connectivity index (χ0n) is 44.9. The summed E-state index contributed by atoms with van der Waals surface area (Å²) in [6, 6.07) is 41.9. The van der Waals surface area contributed by atoms with Gasteiger partial charge >= 0.3 is 0 Å². The van der Waals surface area contributed by atoms with E-state index >= 15 is 0 Å². The second-order valence-corrected chi connectivity index (χ2v) is 29.0. The van der Waals surface area contributed by atoms with Gasteiger partial charge in [0, 0.05) is 0 Å². The van der Waals surface area contributed by atoms with Crippen LogP contribution in [0.3, 0.4) is 0 Å². The fourth-order valence-electron chi connectivity index (χ4n) is 7.61. The Kier molecular flexibility index (Phi) is 20.4. The van der Waals surface area contributed by atoms with Crippen LogP contribution in [0.2, 0.25) is 0 Å². The first-order valence-corrected chi connectivity index (χ1v) is 34.1. The Labute approximate surface area is 498 Å².